The van der Waals surface area contributed by atoms with Crippen molar-refractivity contribution in [3.8, 4) is 17.2 Å². The highest BCUT2D eigenvalue weighted by atomic mass is 32.2. The van der Waals surface area contributed by atoms with Crippen LogP contribution in [0.5, 0.6) is 5.75 Å². The first-order chi connectivity index (χ1) is 14.7. The first-order valence-corrected chi connectivity index (χ1v) is 10.3. The van der Waals surface area contributed by atoms with Crippen LogP contribution in [0.2, 0.25) is 0 Å². The van der Waals surface area contributed by atoms with Crippen LogP contribution in [0.4, 0.5) is 0 Å². The molecule has 9 heteroatoms. The number of thioether (sulfide) groups is 1. The Labute approximate surface area is 174 Å². The lowest BCUT2D eigenvalue weighted by Gasteiger charge is -2.06. The molecule has 0 saturated heterocycles. The molecule has 0 aliphatic carbocycles. The highest BCUT2D eigenvalue weighted by Crippen LogP contribution is 2.31. The Morgan fingerprint density at radius 2 is 1.90 bits per heavy atom. The number of hydrogen-bond acceptors (Lipinski definition) is 8. The molecule has 0 fully saturated rings. The molecule has 5 aromatic rings. The molecule has 150 valence electrons. The fourth-order valence-corrected chi connectivity index (χ4v) is 3.78. The quantitative estimate of drug-likeness (QED) is 0.403. The number of rotatable bonds is 6. The van der Waals surface area contributed by atoms with E-state index in [0.717, 1.165) is 10.9 Å². The van der Waals surface area contributed by atoms with Gasteiger partial charge in [0.05, 0.1) is 17.9 Å². The van der Waals surface area contributed by atoms with Gasteiger partial charge >= 0.3 is 0 Å². The van der Waals surface area contributed by atoms with Gasteiger partial charge in [0.1, 0.15) is 22.7 Å². The van der Waals surface area contributed by atoms with Gasteiger partial charge in [-0.2, -0.15) is 0 Å². The Hall–Kier alpha value is -3.59. The van der Waals surface area contributed by atoms with Crippen LogP contribution in [0, 0.1) is 0 Å². The molecule has 0 amide bonds. The highest BCUT2D eigenvalue weighted by molar-refractivity contribution is 7.98. The molecule has 2 aromatic carbocycles. The maximum Gasteiger partial charge on any atom is 0.294 e. The zero-order valence-corrected chi connectivity index (χ0v) is 16.7. The van der Waals surface area contributed by atoms with Crippen molar-refractivity contribution in [2.45, 2.75) is 17.9 Å². The van der Waals surface area contributed by atoms with E-state index in [2.05, 4.69) is 20.2 Å². The van der Waals surface area contributed by atoms with Crippen LogP contribution in [0.25, 0.3) is 33.5 Å². The minimum atomic E-state index is -0.316. The predicted octanol–water partition coefficient (Wildman–Crippen LogP) is 4.41. The lowest BCUT2D eigenvalue weighted by atomic mass is 10.2. The fourth-order valence-electron chi connectivity index (χ4n) is 3.15. The Kier molecular flexibility index (Phi) is 4.72. The van der Waals surface area contributed by atoms with E-state index in [1.54, 1.807) is 0 Å². The molecule has 1 N–H and O–H groups in total. The second-order valence-electron chi connectivity index (χ2n) is 6.38. The van der Waals surface area contributed by atoms with Gasteiger partial charge < -0.3 is 18.6 Å². The van der Waals surface area contributed by atoms with Crippen molar-refractivity contribution in [1.29, 1.82) is 0 Å². The summed E-state index contributed by atoms with van der Waals surface area (Å²) in [6, 6.07) is 14.9. The van der Waals surface area contributed by atoms with Gasteiger partial charge in [0.2, 0.25) is 5.58 Å². The molecule has 3 aromatic heterocycles. The van der Waals surface area contributed by atoms with Gasteiger partial charge in [0.15, 0.2) is 0 Å². The van der Waals surface area contributed by atoms with Crippen LogP contribution < -0.4 is 10.3 Å². The van der Waals surface area contributed by atoms with Crippen LogP contribution in [0.3, 0.4) is 0 Å². The molecule has 0 spiro atoms. The number of para-hydroxylation sites is 2. The van der Waals surface area contributed by atoms with Gasteiger partial charge in [-0.05, 0) is 31.2 Å². The first-order valence-electron chi connectivity index (χ1n) is 9.32. The van der Waals surface area contributed by atoms with Gasteiger partial charge in [-0.3, -0.25) is 4.79 Å². The minimum absolute atomic E-state index is 0.220. The van der Waals surface area contributed by atoms with Gasteiger partial charge in [-0.25, -0.2) is 4.98 Å². The molecule has 3 heterocycles. The summed E-state index contributed by atoms with van der Waals surface area (Å²) >= 11 is 1.29. The van der Waals surface area contributed by atoms with Gasteiger partial charge in [-0.15, -0.1) is 10.2 Å². The van der Waals surface area contributed by atoms with Crippen LogP contribution in [0.1, 0.15) is 12.7 Å². The van der Waals surface area contributed by atoms with Crippen molar-refractivity contribution in [2.24, 2.45) is 0 Å². The number of nitrogens with zero attached hydrogens (tertiary/aromatic N) is 3. The van der Waals surface area contributed by atoms with Crippen molar-refractivity contribution in [1.82, 2.24) is 20.2 Å². The van der Waals surface area contributed by atoms with E-state index in [4.69, 9.17) is 13.6 Å². The molecule has 0 aliphatic rings. The second kappa shape index (κ2) is 7.68. The molecule has 30 heavy (non-hydrogen) atoms. The maximum absolute atomic E-state index is 12.4. The third-order valence-electron chi connectivity index (χ3n) is 4.44. The summed E-state index contributed by atoms with van der Waals surface area (Å²) < 4.78 is 17.0. The second-order valence-corrected chi connectivity index (χ2v) is 7.31. The fraction of sp³-hybridized carbons (Fsp3) is 0.143. The molecular formula is C21H16N4O4S. The zero-order chi connectivity index (χ0) is 20.5. The van der Waals surface area contributed by atoms with Crippen molar-refractivity contribution in [2.75, 3.05) is 6.61 Å². The van der Waals surface area contributed by atoms with E-state index in [0.29, 0.717) is 46.1 Å². The molecule has 8 nitrogen and oxygen atoms in total. The summed E-state index contributed by atoms with van der Waals surface area (Å²) in [6.45, 7) is 2.46. The van der Waals surface area contributed by atoms with Crippen molar-refractivity contribution in [3.05, 3.63) is 64.7 Å². The number of hydrogen-bond donors (Lipinski definition) is 1. The number of aromatic nitrogens is 4. The minimum Gasteiger partial charge on any atom is -0.493 e. The SMILES string of the molecule is CCOc1ccccc1-c1nnc(SCc2nc3c(oc4ccccc43)c(=O)[nH]2)o1. The lowest BCUT2D eigenvalue weighted by molar-refractivity contribution is 0.340. The van der Waals surface area contributed by atoms with Crippen molar-refractivity contribution < 1.29 is 13.6 Å². The summed E-state index contributed by atoms with van der Waals surface area (Å²) in [7, 11) is 0. The standard InChI is InChI=1S/C21H16N4O4S/c1-2-27-14-9-5-4-8-13(14)20-24-25-21(29-20)30-11-16-22-17-12-7-3-6-10-15(12)28-18(17)19(26)23-16/h3-10H,2,11H2,1H3,(H,22,23,26). The van der Waals surface area contributed by atoms with E-state index in [9.17, 15) is 4.79 Å². The normalized spacial score (nSPS) is 11.4. The Morgan fingerprint density at radius 1 is 1.07 bits per heavy atom. The van der Waals surface area contributed by atoms with Crippen LogP contribution >= 0.6 is 11.8 Å². The third-order valence-corrected chi connectivity index (χ3v) is 5.27. The summed E-state index contributed by atoms with van der Waals surface area (Å²) in [4.78, 5) is 19.7. The lowest BCUT2D eigenvalue weighted by Crippen LogP contribution is -2.10. The monoisotopic (exact) mass is 420 g/mol. The average molecular weight is 420 g/mol. The smallest absolute Gasteiger partial charge is 0.294 e. The molecule has 0 atom stereocenters. The third kappa shape index (κ3) is 3.33. The van der Waals surface area contributed by atoms with Crippen LogP contribution in [-0.4, -0.2) is 26.8 Å². The number of furan rings is 1. The Balaban J connectivity index is 1.40. The van der Waals surface area contributed by atoms with Gasteiger partial charge in [0, 0.05) is 5.39 Å². The van der Waals surface area contributed by atoms with Crippen molar-refractivity contribution >= 4 is 33.8 Å². The summed E-state index contributed by atoms with van der Waals surface area (Å²) in [6.07, 6.45) is 0. The number of H-pyrrole nitrogens is 1. The molecule has 0 saturated carbocycles. The number of aromatic amines is 1. The van der Waals surface area contributed by atoms with Crippen LogP contribution in [-0.2, 0) is 5.75 Å². The molecule has 0 unspecified atom stereocenters. The van der Waals surface area contributed by atoms with Gasteiger partial charge in [-0.1, -0.05) is 36.0 Å². The Morgan fingerprint density at radius 3 is 2.80 bits per heavy atom. The number of ether oxygens (including phenoxy) is 1. The maximum atomic E-state index is 12.4. The van der Waals surface area contributed by atoms with E-state index in [1.807, 2.05) is 55.5 Å². The average Bonchev–Trinajstić information content (AvgIpc) is 3.38. The van der Waals surface area contributed by atoms with Gasteiger partial charge in [0.25, 0.3) is 16.7 Å². The number of nitrogens with one attached hydrogen (secondary N) is 1. The molecule has 0 radical (unpaired) electrons. The number of benzene rings is 2. The zero-order valence-electron chi connectivity index (χ0n) is 15.9. The molecule has 5 rings (SSSR count). The highest BCUT2D eigenvalue weighted by Gasteiger charge is 2.16. The van der Waals surface area contributed by atoms with Crippen molar-refractivity contribution in [3.63, 3.8) is 0 Å². The van der Waals surface area contributed by atoms with E-state index in [-0.39, 0.29) is 11.1 Å². The largest absolute Gasteiger partial charge is 0.493 e. The van der Waals surface area contributed by atoms with E-state index in [1.165, 1.54) is 11.8 Å². The van der Waals surface area contributed by atoms with E-state index >= 15 is 0 Å². The van der Waals surface area contributed by atoms with E-state index < -0.39 is 0 Å². The Bertz CT molecular complexity index is 1410. The molecule has 0 aliphatic heterocycles. The summed E-state index contributed by atoms with van der Waals surface area (Å²) in [5, 5.41) is 9.38. The summed E-state index contributed by atoms with van der Waals surface area (Å²) in [5.74, 6) is 1.92. The summed E-state index contributed by atoms with van der Waals surface area (Å²) in [5.41, 5.74) is 1.81. The predicted molar refractivity (Wildman–Crippen MR) is 113 cm³/mol. The molecule has 0 bridgehead atoms. The number of fused-ring (bicyclic) bond motifs is 3. The first kappa shape index (κ1) is 18.4. The van der Waals surface area contributed by atoms with Crippen LogP contribution in [0.15, 0.2) is 67.4 Å². The topological polar surface area (TPSA) is 107 Å². The molecular weight excluding hydrogens is 404 g/mol.